The van der Waals surface area contributed by atoms with Crippen LogP contribution in [0.2, 0.25) is 0 Å². The van der Waals surface area contributed by atoms with Gasteiger partial charge in [-0.25, -0.2) is 0 Å². The molecule has 0 radical (unpaired) electrons. The molecule has 1 heterocycles. The van der Waals surface area contributed by atoms with Crippen molar-refractivity contribution in [2.75, 3.05) is 13.1 Å². The molecular formula is C15H31N. The standard InChI is InChI=1S/C15H31N/c1-7-10-15(6,9-3)16-11-13(12-16)14(4,5)8-2/h13H,7-12H2,1-6H3. The molecule has 0 bridgehead atoms. The van der Waals surface area contributed by atoms with E-state index >= 15 is 0 Å². The van der Waals surface area contributed by atoms with Crippen molar-refractivity contribution in [2.45, 2.75) is 72.8 Å². The van der Waals surface area contributed by atoms with E-state index in [-0.39, 0.29) is 0 Å². The Balaban J connectivity index is 2.51. The topological polar surface area (TPSA) is 3.24 Å². The number of rotatable bonds is 6. The van der Waals surface area contributed by atoms with Gasteiger partial charge in [0.25, 0.3) is 0 Å². The Labute approximate surface area is 103 Å². The van der Waals surface area contributed by atoms with E-state index in [1.807, 2.05) is 0 Å². The predicted octanol–water partition coefficient (Wildman–Crippen LogP) is 4.32. The van der Waals surface area contributed by atoms with Gasteiger partial charge >= 0.3 is 0 Å². The van der Waals surface area contributed by atoms with Crippen molar-refractivity contribution >= 4 is 0 Å². The third-order valence-corrected chi connectivity index (χ3v) is 5.21. The molecule has 0 aromatic heterocycles. The minimum atomic E-state index is 0.467. The highest BCUT2D eigenvalue weighted by Gasteiger charge is 2.43. The molecule has 0 aromatic rings. The molecule has 1 unspecified atom stereocenters. The van der Waals surface area contributed by atoms with E-state index in [1.54, 1.807) is 0 Å². The Morgan fingerprint density at radius 2 is 1.56 bits per heavy atom. The Bertz CT molecular complexity index is 215. The van der Waals surface area contributed by atoms with E-state index in [0.29, 0.717) is 11.0 Å². The average Bonchev–Trinajstić information content (AvgIpc) is 2.15. The van der Waals surface area contributed by atoms with Gasteiger partial charge in [-0.2, -0.15) is 0 Å². The lowest BCUT2D eigenvalue weighted by atomic mass is 9.70. The fourth-order valence-corrected chi connectivity index (χ4v) is 2.80. The molecule has 1 nitrogen and oxygen atoms in total. The van der Waals surface area contributed by atoms with E-state index in [2.05, 4.69) is 46.4 Å². The highest BCUT2D eigenvalue weighted by molar-refractivity contribution is 4.97. The third-order valence-electron chi connectivity index (χ3n) is 5.21. The molecule has 1 rings (SSSR count). The van der Waals surface area contributed by atoms with Crippen molar-refractivity contribution in [2.24, 2.45) is 11.3 Å². The van der Waals surface area contributed by atoms with Crippen molar-refractivity contribution in [3.63, 3.8) is 0 Å². The monoisotopic (exact) mass is 225 g/mol. The van der Waals surface area contributed by atoms with Crippen molar-refractivity contribution in [1.82, 2.24) is 4.90 Å². The first kappa shape index (κ1) is 14.0. The molecule has 1 heteroatoms. The van der Waals surface area contributed by atoms with Crippen molar-refractivity contribution in [1.29, 1.82) is 0 Å². The molecule has 0 amide bonds. The Morgan fingerprint density at radius 1 is 1.00 bits per heavy atom. The molecule has 1 aliphatic heterocycles. The predicted molar refractivity (Wildman–Crippen MR) is 72.7 cm³/mol. The molecule has 1 saturated heterocycles. The van der Waals surface area contributed by atoms with Crippen LogP contribution >= 0.6 is 0 Å². The van der Waals surface area contributed by atoms with Gasteiger partial charge in [0.1, 0.15) is 0 Å². The van der Waals surface area contributed by atoms with Crippen LogP contribution in [0.15, 0.2) is 0 Å². The van der Waals surface area contributed by atoms with Gasteiger partial charge in [-0.3, -0.25) is 4.90 Å². The second-order valence-electron chi connectivity index (χ2n) is 6.54. The lowest BCUT2D eigenvalue weighted by Crippen LogP contribution is -2.61. The molecule has 0 spiro atoms. The minimum absolute atomic E-state index is 0.467. The SMILES string of the molecule is CCCC(C)(CC)N1CC(C(C)(C)CC)C1. The molecule has 1 fully saturated rings. The normalized spacial score (nSPS) is 22.9. The van der Waals surface area contributed by atoms with Crippen molar-refractivity contribution in [3.05, 3.63) is 0 Å². The van der Waals surface area contributed by atoms with Gasteiger partial charge in [-0.15, -0.1) is 0 Å². The Hall–Kier alpha value is -0.0400. The Kier molecular flexibility index (Phi) is 4.45. The summed E-state index contributed by atoms with van der Waals surface area (Å²) in [5.41, 5.74) is 1.01. The first-order valence-corrected chi connectivity index (χ1v) is 7.14. The second kappa shape index (κ2) is 5.08. The lowest BCUT2D eigenvalue weighted by Gasteiger charge is -2.55. The summed E-state index contributed by atoms with van der Waals surface area (Å²) in [5.74, 6) is 0.917. The Morgan fingerprint density at radius 3 is 1.94 bits per heavy atom. The van der Waals surface area contributed by atoms with E-state index in [4.69, 9.17) is 0 Å². The van der Waals surface area contributed by atoms with Gasteiger partial charge in [0.15, 0.2) is 0 Å². The first-order valence-electron chi connectivity index (χ1n) is 7.14. The molecule has 0 N–H and O–H groups in total. The molecule has 96 valence electrons. The van der Waals surface area contributed by atoms with Crippen LogP contribution in [-0.2, 0) is 0 Å². The molecule has 0 aromatic carbocycles. The maximum atomic E-state index is 2.72. The van der Waals surface area contributed by atoms with Crippen LogP contribution in [0.1, 0.15) is 67.2 Å². The van der Waals surface area contributed by atoms with Crippen LogP contribution in [0, 0.1) is 11.3 Å². The van der Waals surface area contributed by atoms with Crippen molar-refractivity contribution in [3.8, 4) is 0 Å². The number of hydrogen-bond donors (Lipinski definition) is 0. The van der Waals surface area contributed by atoms with E-state index in [9.17, 15) is 0 Å². The van der Waals surface area contributed by atoms with Crippen LogP contribution in [0.3, 0.4) is 0 Å². The first-order chi connectivity index (χ1) is 7.39. The summed E-state index contributed by atoms with van der Waals surface area (Å²) < 4.78 is 0. The maximum Gasteiger partial charge on any atom is 0.0179 e. The number of nitrogens with zero attached hydrogens (tertiary/aromatic N) is 1. The van der Waals surface area contributed by atoms with E-state index in [0.717, 1.165) is 5.92 Å². The summed E-state index contributed by atoms with van der Waals surface area (Å²) in [6.45, 7) is 16.9. The minimum Gasteiger partial charge on any atom is -0.297 e. The van der Waals surface area contributed by atoms with Crippen LogP contribution in [0.4, 0.5) is 0 Å². The van der Waals surface area contributed by atoms with Gasteiger partial charge in [0, 0.05) is 18.6 Å². The van der Waals surface area contributed by atoms with Crippen LogP contribution in [0.25, 0.3) is 0 Å². The molecule has 0 aliphatic carbocycles. The largest absolute Gasteiger partial charge is 0.297 e. The van der Waals surface area contributed by atoms with Gasteiger partial charge in [0.05, 0.1) is 0 Å². The molecule has 1 aliphatic rings. The summed E-state index contributed by atoms with van der Waals surface area (Å²) in [5, 5.41) is 0. The second-order valence-corrected chi connectivity index (χ2v) is 6.54. The fourth-order valence-electron chi connectivity index (χ4n) is 2.80. The third kappa shape index (κ3) is 2.61. The zero-order chi connectivity index (χ0) is 12.4. The van der Waals surface area contributed by atoms with E-state index < -0.39 is 0 Å². The number of likely N-dealkylation sites (tertiary alicyclic amines) is 1. The maximum absolute atomic E-state index is 2.72. The fraction of sp³-hybridized carbons (Fsp3) is 1.00. The molecular weight excluding hydrogens is 194 g/mol. The van der Waals surface area contributed by atoms with Gasteiger partial charge in [0.2, 0.25) is 0 Å². The van der Waals surface area contributed by atoms with E-state index in [1.165, 1.54) is 38.8 Å². The summed E-state index contributed by atoms with van der Waals surface area (Å²) in [4.78, 5) is 2.72. The van der Waals surface area contributed by atoms with Gasteiger partial charge < -0.3 is 0 Å². The highest BCUT2D eigenvalue weighted by atomic mass is 15.3. The van der Waals surface area contributed by atoms with Gasteiger partial charge in [-0.05, 0) is 31.1 Å². The highest BCUT2D eigenvalue weighted by Crippen LogP contribution is 2.41. The summed E-state index contributed by atoms with van der Waals surface area (Å²) in [6, 6.07) is 0. The number of hydrogen-bond acceptors (Lipinski definition) is 1. The quantitative estimate of drug-likeness (QED) is 0.650. The molecule has 16 heavy (non-hydrogen) atoms. The average molecular weight is 225 g/mol. The lowest BCUT2D eigenvalue weighted by molar-refractivity contribution is -0.0609. The van der Waals surface area contributed by atoms with Crippen LogP contribution < -0.4 is 0 Å². The summed E-state index contributed by atoms with van der Waals surface area (Å²) in [6.07, 6.45) is 5.26. The van der Waals surface area contributed by atoms with Crippen molar-refractivity contribution < 1.29 is 0 Å². The summed E-state index contributed by atoms with van der Waals surface area (Å²) >= 11 is 0. The smallest absolute Gasteiger partial charge is 0.0179 e. The van der Waals surface area contributed by atoms with Crippen LogP contribution in [0.5, 0.6) is 0 Å². The molecule has 0 saturated carbocycles. The molecule has 1 atom stereocenters. The zero-order valence-electron chi connectivity index (χ0n) is 12.3. The van der Waals surface area contributed by atoms with Crippen LogP contribution in [-0.4, -0.2) is 23.5 Å². The van der Waals surface area contributed by atoms with Gasteiger partial charge in [-0.1, -0.05) is 47.5 Å². The zero-order valence-corrected chi connectivity index (χ0v) is 12.3. The summed E-state index contributed by atoms with van der Waals surface area (Å²) in [7, 11) is 0.